The van der Waals surface area contributed by atoms with Gasteiger partial charge in [0.1, 0.15) is 11.6 Å². The van der Waals surface area contributed by atoms with Crippen LogP contribution in [0.5, 0.6) is 5.75 Å². The van der Waals surface area contributed by atoms with E-state index in [-0.39, 0.29) is 11.7 Å². The van der Waals surface area contributed by atoms with Crippen LogP contribution in [-0.2, 0) is 0 Å². The predicted octanol–water partition coefficient (Wildman–Crippen LogP) is 3.03. The van der Waals surface area contributed by atoms with Crippen molar-refractivity contribution in [1.29, 1.82) is 0 Å². The molecule has 0 fully saturated rings. The van der Waals surface area contributed by atoms with Crippen molar-refractivity contribution in [2.45, 2.75) is 0 Å². The zero-order valence-electron chi connectivity index (χ0n) is 11.1. The third-order valence-corrected chi connectivity index (χ3v) is 3.04. The first-order valence-electron chi connectivity index (χ1n) is 6.42. The van der Waals surface area contributed by atoms with Crippen molar-refractivity contribution in [3.63, 3.8) is 0 Å². The molecule has 1 aromatic heterocycles. The van der Waals surface area contributed by atoms with E-state index in [1.165, 1.54) is 12.1 Å². The van der Waals surface area contributed by atoms with Crippen molar-refractivity contribution in [2.75, 3.05) is 5.32 Å². The number of anilines is 1. The van der Waals surface area contributed by atoms with E-state index in [1.54, 1.807) is 24.5 Å². The van der Waals surface area contributed by atoms with E-state index in [1.807, 2.05) is 24.3 Å². The normalized spacial score (nSPS) is 10.3. The molecule has 3 rings (SSSR count). The summed E-state index contributed by atoms with van der Waals surface area (Å²) in [4.78, 5) is 19.2. The first-order chi connectivity index (χ1) is 10.2. The maximum Gasteiger partial charge on any atom is 0.255 e. The van der Waals surface area contributed by atoms with E-state index < -0.39 is 0 Å². The van der Waals surface area contributed by atoms with Crippen LogP contribution >= 0.6 is 0 Å². The first-order valence-corrected chi connectivity index (χ1v) is 6.42. The average molecular weight is 279 g/mol. The lowest BCUT2D eigenvalue weighted by Crippen LogP contribution is -2.11. The molecule has 0 radical (unpaired) electrons. The Morgan fingerprint density at radius 3 is 2.38 bits per heavy atom. The second-order valence-corrected chi connectivity index (χ2v) is 4.52. The van der Waals surface area contributed by atoms with Gasteiger partial charge in [0.05, 0.1) is 0 Å². The fraction of sp³-hybridized carbons (Fsp3) is 0. The Balaban J connectivity index is 1.73. The number of imidazole rings is 1. The monoisotopic (exact) mass is 279 g/mol. The molecule has 2 aromatic carbocycles. The SMILES string of the molecule is O=C(Nc1ccc(-c2ncc[nH]2)cc1)c1ccc(O)cc1. The minimum absolute atomic E-state index is 0.134. The maximum absolute atomic E-state index is 12.0. The number of nitrogens with zero attached hydrogens (tertiary/aromatic N) is 1. The Hall–Kier alpha value is -3.08. The van der Waals surface area contributed by atoms with Crippen molar-refractivity contribution >= 4 is 11.6 Å². The number of phenolic OH excluding ortho intramolecular Hbond substituents is 1. The largest absolute Gasteiger partial charge is 0.508 e. The van der Waals surface area contributed by atoms with E-state index in [0.717, 1.165) is 11.4 Å². The molecule has 0 saturated carbocycles. The van der Waals surface area contributed by atoms with Crippen molar-refractivity contribution in [2.24, 2.45) is 0 Å². The molecule has 1 heterocycles. The zero-order chi connectivity index (χ0) is 14.7. The number of H-pyrrole nitrogens is 1. The summed E-state index contributed by atoms with van der Waals surface area (Å²) in [6.45, 7) is 0. The quantitative estimate of drug-likeness (QED) is 0.689. The molecular formula is C16H13N3O2. The molecule has 1 amide bonds. The first kappa shape index (κ1) is 12.9. The Labute approximate surface area is 121 Å². The van der Waals surface area contributed by atoms with E-state index in [0.29, 0.717) is 11.3 Å². The van der Waals surface area contributed by atoms with Gasteiger partial charge >= 0.3 is 0 Å². The van der Waals surface area contributed by atoms with Gasteiger partial charge in [0.15, 0.2) is 0 Å². The number of carbonyl (C=O) groups is 1. The number of rotatable bonds is 3. The number of hydrogen-bond acceptors (Lipinski definition) is 3. The van der Waals surface area contributed by atoms with Crippen LogP contribution in [0.25, 0.3) is 11.4 Å². The van der Waals surface area contributed by atoms with Gasteiger partial charge in [0.25, 0.3) is 5.91 Å². The summed E-state index contributed by atoms with van der Waals surface area (Å²) in [5, 5.41) is 12.0. The number of hydrogen-bond donors (Lipinski definition) is 3. The lowest BCUT2D eigenvalue weighted by Gasteiger charge is -2.06. The summed E-state index contributed by atoms with van der Waals surface area (Å²) < 4.78 is 0. The number of aromatic amines is 1. The van der Waals surface area contributed by atoms with Crippen LogP contribution in [0.4, 0.5) is 5.69 Å². The Morgan fingerprint density at radius 2 is 1.76 bits per heavy atom. The average Bonchev–Trinajstić information content (AvgIpc) is 3.03. The van der Waals surface area contributed by atoms with Crippen LogP contribution in [0.2, 0.25) is 0 Å². The number of carbonyl (C=O) groups excluding carboxylic acids is 1. The van der Waals surface area contributed by atoms with E-state index in [4.69, 9.17) is 0 Å². The van der Waals surface area contributed by atoms with Crippen molar-refractivity contribution < 1.29 is 9.90 Å². The molecule has 0 atom stereocenters. The highest BCUT2D eigenvalue weighted by molar-refractivity contribution is 6.04. The number of aromatic hydroxyl groups is 1. The van der Waals surface area contributed by atoms with Gasteiger partial charge in [-0.3, -0.25) is 4.79 Å². The van der Waals surface area contributed by atoms with Crippen LogP contribution in [-0.4, -0.2) is 21.0 Å². The molecule has 5 nitrogen and oxygen atoms in total. The van der Waals surface area contributed by atoms with Crippen LogP contribution in [0, 0.1) is 0 Å². The van der Waals surface area contributed by atoms with Gasteiger partial charge in [-0.05, 0) is 48.5 Å². The van der Waals surface area contributed by atoms with Gasteiger partial charge in [-0.25, -0.2) is 4.98 Å². The molecule has 3 N–H and O–H groups in total. The molecule has 0 aliphatic heterocycles. The summed E-state index contributed by atoms with van der Waals surface area (Å²) in [5.41, 5.74) is 2.13. The number of phenols is 1. The van der Waals surface area contributed by atoms with Crippen molar-refractivity contribution in [1.82, 2.24) is 9.97 Å². The lowest BCUT2D eigenvalue weighted by atomic mass is 10.1. The molecule has 0 aliphatic rings. The summed E-state index contributed by atoms with van der Waals surface area (Å²) in [5.74, 6) is 0.696. The highest BCUT2D eigenvalue weighted by Gasteiger charge is 2.06. The van der Waals surface area contributed by atoms with Crippen molar-refractivity contribution in [3.05, 3.63) is 66.5 Å². The highest BCUT2D eigenvalue weighted by atomic mass is 16.3. The van der Waals surface area contributed by atoms with Crippen LogP contribution in [0.3, 0.4) is 0 Å². The standard InChI is InChI=1S/C16H13N3O2/c20-14-7-3-12(4-8-14)16(21)19-13-5-1-11(2-6-13)15-17-9-10-18-15/h1-10,20H,(H,17,18)(H,19,21). The summed E-state index contributed by atoms with van der Waals surface area (Å²) in [7, 11) is 0. The smallest absolute Gasteiger partial charge is 0.255 e. The van der Waals surface area contributed by atoms with Gasteiger partial charge in [0, 0.05) is 29.2 Å². The summed E-state index contributed by atoms with van der Waals surface area (Å²) in [6.07, 6.45) is 3.45. The van der Waals surface area contributed by atoms with Crippen LogP contribution < -0.4 is 5.32 Å². The van der Waals surface area contributed by atoms with E-state index >= 15 is 0 Å². The highest BCUT2D eigenvalue weighted by Crippen LogP contribution is 2.18. The molecule has 0 spiro atoms. The molecule has 104 valence electrons. The number of amides is 1. The zero-order valence-corrected chi connectivity index (χ0v) is 11.1. The van der Waals surface area contributed by atoms with E-state index in [9.17, 15) is 9.90 Å². The minimum Gasteiger partial charge on any atom is -0.508 e. The second kappa shape index (κ2) is 5.50. The molecule has 0 unspecified atom stereocenters. The number of benzene rings is 2. The second-order valence-electron chi connectivity index (χ2n) is 4.52. The fourth-order valence-electron chi connectivity index (χ4n) is 1.95. The molecule has 5 heteroatoms. The molecular weight excluding hydrogens is 266 g/mol. The van der Waals surface area contributed by atoms with Crippen molar-refractivity contribution in [3.8, 4) is 17.1 Å². The minimum atomic E-state index is -0.222. The Morgan fingerprint density at radius 1 is 1.05 bits per heavy atom. The molecule has 21 heavy (non-hydrogen) atoms. The summed E-state index contributed by atoms with van der Waals surface area (Å²) in [6, 6.07) is 13.5. The fourth-order valence-corrected chi connectivity index (χ4v) is 1.95. The predicted molar refractivity (Wildman–Crippen MR) is 80.1 cm³/mol. The topological polar surface area (TPSA) is 78.0 Å². The van der Waals surface area contributed by atoms with Crippen LogP contribution in [0.1, 0.15) is 10.4 Å². The number of nitrogens with one attached hydrogen (secondary N) is 2. The molecule has 0 aliphatic carbocycles. The number of aromatic nitrogens is 2. The third kappa shape index (κ3) is 2.92. The third-order valence-electron chi connectivity index (χ3n) is 3.04. The van der Waals surface area contributed by atoms with Gasteiger partial charge in [-0.15, -0.1) is 0 Å². The van der Waals surface area contributed by atoms with E-state index in [2.05, 4.69) is 15.3 Å². The molecule has 0 bridgehead atoms. The maximum atomic E-state index is 12.0. The molecule has 3 aromatic rings. The Kier molecular flexibility index (Phi) is 3.39. The van der Waals surface area contributed by atoms with Gasteiger partial charge < -0.3 is 15.4 Å². The van der Waals surface area contributed by atoms with Gasteiger partial charge in [-0.1, -0.05) is 0 Å². The summed E-state index contributed by atoms with van der Waals surface area (Å²) >= 11 is 0. The molecule has 0 saturated heterocycles. The van der Waals surface area contributed by atoms with Gasteiger partial charge in [-0.2, -0.15) is 0 Å². The van der Waals surface area contributed by atoms with Crippen LogP contribution in [0.15, 0.2) is 60.9 Å². The Bertz CT molecular complexity index is 732. The van der Waals surface area contributed by atoms with Gasteiger partial charge in [0.2, 0.25) is 0 Å². The lowest BCUT2D eigenvalue weighted by molar-refractivity contribution is 0.102.